The van der Waals surface area contributed by atoms with Crippen molar-refractivity contribution in [1.82, 2.24) is 9.97 Å². The molecule has 0 saturated heterocycles. The van der Waals surface area contributed by atoms with Crippen molar-refractivity contribution in [3.05, 3.63) is 84.2 Å². The van der Waals surface area contributed by atoms with E-state index >= 15 is 0 Å². The van der Waals surface area contributed by atoms with Gasteiger partial charge in [-0.05, 0) is 11.1 Å². The van der Waals surface area contributed by atoms with Crippen LogP contribution in [0.1, 0.15) is 11.1 Å². The van der Waals surface area contributed by atoms with E-state index in [4.69, 9.17) is 0 Å². The summed E-state index contributed by atoms with van der Waals surface area (Å²) in [7, 11) is 0. The minimum Gasteiger partial charge on any atom is -0.334 e. The van der Waals surface area contributed by atoms with E-state index in [1.54, 1.807) is 6.20 Å². The summed E-state index contributed by atoms with van der Waals surface area (Å²) in [5.41, 5.74) is 2.56. The summed E-state index contributed by atoms with van der Waals surface area (Å²) in [4.78, 5) is 9.81. The Hall–Kier alpha value is -2.55. The van der Waals surface area contributed by atoms with Gasteiger partial charge in [0.1, 0.15) is 0 Å². The van der Waals surface area contributed by atoms with Crippen LogP contribution in [-0.2, 0) is 13.1 Å². The SMILES string of the molecule is c1ccc(CN(Cc2ccccc2)c2ncc[nH]2)cc1. The summed E-state index contributed by atoms with van der Waals surface area (Å²) in [6.07, 6.45) is 3.65. The van der Waals surface area contributed by atoms with Gasteiger partial charge in [-0.3, -0.25) is 0 Å². The Kier molecular flexibility index (Phi) is 3.78. The number of hydrogen-bond acceptors (Lipinski definition) is 2. The van der Waals surface area contributed by atoms with Crippen LogP contribution in [0.5, 0.6) is 0 Å². The predicted molar refractivity (Wildman–Crippen MR) is 81.4 cm³/mol. The molecule has 0 unspecified atom stereocenters. The highest BCUT2D eigenvalue weighted by Crippen LogP contribution is 2.15. The minimum atomic E-state index is 0.837. The lowest BCUT2D eigenvalue weighted by atomic mass is 10.2. The van der Waals surface area contributed by atoms with Gasteiger partial charge in [0.15, 0.2) is 0 Å². The van der Waals surface area contributed by atoms with Crippen molar-refractivity contribution in [1.29, 1.82) is 0 Å². The van der Waals surface area contributed by atoms with Crippen LogP contribution in [0.15, 0.2) is 73.1 Å². The summed E-state index contributed by atoms with van der Waals surface area (Å²) in [6.45, 7) is 1.67. The van der Waals surface area contributed by atoms with Crippen LogP contribution in [0.4, 0.5) is 5.95 Å². The molecular weight excluding hydrogens is 246 g/mol. The van der Waals surface area contributed by atoms with Crippen LogP contribution >= 0.6 is 0 Å². The second-order valence-corrected chi connectivity index (χ2v) is 4.74. The van der Waals surface area contributed by atoms with Gasteiger partial charge in [0.05, 0.1) is 0 Å². The van der Waals surface area contributed by atoms with E-state index in [1.807, 2.05) is 18.3 Å². The summed E-state index contributed by atoms with van der Waals surface area (Å²) in [5, 5.41) is 0. The first-order chi connectivity index (χ1) is 9.92. The van der Waals surface area contributed by atoms with Gasteiger partial charge in [-0.2, -0.15) is 0 Å². The van der Waals surface area contributed by atoms with Crippen LogP contribution < -0.4 is 4.90 Å². The van der Waals surface area contributed by atoms with Gasteiger partial charge in [-0.25, -0.2) is 4.98 Å². The molecule has 0 fully saturated rings. The molecule has 2 aromatic carbocycles. The zero-order chi connectivity index (χ0) is 13.6. The van der Waals surface area contributed by atoms with E-state index in [0.717, 1.165) is 19.0 Å². The second-order valence-electron chi connectivity index (χ2n) is 4.74. The molecule has 0 aliphatic rings. The number of hydrogen-bond donors (Lipinski definition) is 1. The molecule has 20 heavy (non-hydrogen) atoms. The first-order valence-electron chi connectivity index (χ1n) is 6.74. The number of aromatic amines is 1. The lowest BCUT2D eigenvalue weighted by Gasteiger charge is -2.22. The number of anilines is 1. The fraction of sp³-hybridized carbons (Fsp3) is 0.118. The average Bonchev–Trinajstić information content (AvgIpc) is 3.03. The Morgan fingerprint density at radius 2 is 1.35 bits per heavy atom. The minimum absolute atomic E-state index is 0.837. The van der Waals surface area contributed by atoms with Gasteiger partial charge in [0.25, 0.3) is 0 Å². The summed E-state index contributed by atoms with van der Waals surface area (Å²) >= 11 is 0. The topological polar surface area (TPSA) is 31.9 Å². The normalized spacial score (nSPS) is 10.4. The first-order valence-corrected chi connectivity index (χ1v) is 6.74. The summed E-state index contributed by atoms with van der Waals surface area (Å²) < 4.78 is 0. The highest BCUT2D eigenvalue weighted by molar-refractivity contribution is 5.34. The zero-order valence-corrected chi connectivity index (χ0v) is 11.2. The standard InChI is InChI=1S/C17H17N3/c1-3-7-15(8-4-1)13-20(17-18-11-12-19-17)14-16-9-5-2-6-10-16/h1-12H,13-14H2,(H,18,19). The Bertz CT molecular complexity index is 576. The number of nitrogens with one attached hydrogen (secondary N) is 1. The Morgan fingerprint density at radius 1 is 0.800 bits per heavy atom. The molecule has 1 N–H and O–H groups in total. The predicted octanol–water partition coefficient (Wildman–Crippen LogP) is 3.62. The second kappa shape index (κ2) is 6.06. The molecule has 0 aliphatic heterocycles. The van der Waals surface area contributed by atoms with Gasteiger partial charge >= 0.3 is 0 Å². The molecule has 0 atom stereocenters. The van der Waals surface area contributed by atoms with Crippen molar-refractivity contribution in [3.8, 4) is 0 Å². The number of aromatic nitrogens is 2. The lowest BCUT2D eigenvalue weighted by molar-refractivity contribution is 0.772. The van der Waals surface area contributed by atoms with Crippen molar-refractivity contribution in [2.75, 3.05) is 4.90 Å². The highest BCUT2D eigenvalue weighted by Gasteiger charge is 2.10. The Balaban J connectivity index is 1.81. The van der Waals surface area contributed by atoms with Gasteiger partial charge in [0.2, 0.25) is 5.95 Å². The van der Waals surface area contributed by atoms with Crippen molar-refractivity contribution in [3.63, 3.8) is 0 Å². The molecule has 3 aromatic rings. The van der Waals surface area contributed by atoms with E-state index < -0.39 is 0 Å². The van der Waals surface area contributed by atoms with E-state index in [2.05, 4.69) is 63.4 Å². The molecule has 1 heterocycles. The number of benzene rings is 2. The van der Waals surface area contributed by atoms with Crippen LogP contribution in [-0.4, -0.2) is 9.97 Å². The molecule has 3 rings (SSSR count). The molecule has 3 nitrogen and oxygen atoms in total. The van der Waals surface area contributed by atoms with Crippen LogP contribution in [0.3, 0.4) is 0 Å². The molecule has 0 spiro atoms. The third-order valence-electron chi connectivity index (χ3n) is 3.22. The third kappa shape index (κ3) is 3.06. The maximum atomic E-state index is 4.38. The molecule has 0 aliphatic carbocycles. The van der Waals surface area contributed by atoms with Crippen molar-refractivity contribution >= 4 is 5.95 Å². The van der Waals surface area contributed by atoms with E-state index in [9.17, 15) is 0 Å². The van der Waals surface area contributed by atoms with Crippen LogP contribution in [0, 0.1) is 0 Å². The lowest BCUT2D eigenvalue weighted by Crippen LogP contribution is -2.23. The molecule has 0 saturated carbocycles. The van der Waals surface area contributed by atoms with Crippen molar-refractivity contribution < 1.29 is 0 Å². The third-order valence-corrected chi connectivity index (χ3v) is 3.22. The van der Waals surface area contributed by atoms with Crippen molar-refractivity contribution in [2.45, 2.75) is 13.1 Å². The maximum absolute atomic E-state index is 4.38. The van der Waals surface area contributed by atoms with Gasteiger partial charge < -0.3 is 9.88 Å². The zero-order valence-electron chi connectivity index (χ0n) is 11.2. The number of H-pyrrole nitrogens is 1. The number of rotatable bonds is 5. The maximum Gasteiger partial charge on any atom is 0.203 e. The number of imidazole rings is 1. The smallest absolute Gasteiger partial charge is 0.203 e. The molecular formula is C17H17N3. The summed E-state index contributed by atoms with van der Waals surface area (Å²) in [6, 6.07) is 20.9. The van der Waals surface area contributed by atoms with E-state index in [1.165, 1.54) is 11.1 Å². The number of nitrogens with zero attached hydrogens (tertiary/aromatic N) is 2. The van der Waals surface area contributed by atoms with Gasteiger partial charge in [-0.15, -0.1) is 0 Å². The molecule has 0 radical (unpaired) electrons. The molecule has 3 heteroatoms. The van der Waals surface area contributed by atoms with Crippen LogP contribution in [0.25, 0.3) is 0 Å². The molecule has 1 aromatic heterocycles. The average molecular weight is 263 g/mol. The fourth-order valence-corrected chi connectivity index (χ4v) is 2.24. The Labute approximate surface area is 118 Å². The van der Waals surface area contributed by atoms with Gasteiger partial charge in [0, 0.05) is 25.5 Å². The van der Waals surface area contributed by atoms with Gasteiger partial charge in [-0.1, -0.05) is 60.7 Å². The fourth-order valence-electron chi connectivity index (χ4n) is 2.24. The summed E-state index contributed by atoms with van der Waals surface area (Å²) in [5.74, 6) is 0.901. The van der Waals surface area contributed by atoms with E-state index in [0.29, 0.717) is 0 Å². The monoisotopic (exact) mass is 263 g/mol. The van der Waals surface area contributed by atoms with Crippen molar-refractivity contribution in [2.24, 2.45) is 0 Å². The first kappa shape index (κ1) is 12.5. The Morgan fingerprint density at radius 3 is 1.80 bits per heavy atom. The molecule has 0 amide bonds. The van der Waals surface area contributed by atoms with E-state index in [-0.39, 0.29) is 0 Å². The molecule has 100 valence electrons. The van der Waals surface area contributed by atoms with Crippen LogP contribution in [0.2, 0.25) is 0 Å². The largest absolute Gasteiger partial charge is 0.334 e. The molecule has 0 bridgehead atoms. The quantitative estimate of drug-likeness (QED) is 0.762. The highest BCUT2D eigenvalue weighted by atomic mass is 15.2.